The average Bonchev–Trinajstić information content (AvgIpc) is 2.49. The Balaban J connectivity index is 2.23. The zero-order valence-corrected chi connectivity index (χ0v) is 13.1. The quantitative estimate of drug-likeness (QED) is 0.835. The molecule has 1 saturated carbocycles. The Hall–Kier alpha value is -1.42. The average molecular weight is 293 g/mol. The summed E-state index contributed by atoms with van der Waals surface area (Å²) in [5.74, 6) is -0.111. The molecule has 1 aromatic carbocycles. The molecule has 4 heteroatoms. The SMILES string of the molecule is COc1cccc(CC(=O)C2(N(C)C)CCCCC2)c1F. The Morgan fingerprint density at radius 2 is 1.95 bits per heavy atom. The lowest BCUT2D eigenvalue weighted by Crippen LogP contribution is -2.53. The Bertz CT molecular complexity index is 508. The predicted molar refractivity (Wildman–Crippen MR) is 81.2 cm³/mol. The van der Waals surface area contributed by atoms with Gasteiger partial charge in [0, 0.05) is 6.42 Å². The van der Waals surface area contributed by atoms with Crippen LogP contribution in [0.5, 0.6) is 5.75 Å². The van der Waals surface area contributed by atoms with Crippen LogP contribution < -0.4 is 4.74 Å². The predicted octanol–water partition coefficient (Wildman–Crippen LogP) is 3.21. The molecule has 1 aromatic rings. The summed E-state index contributed by atoms with van der Waals surface area (Å²) < 4.78 is 19.2. The summed E-state index contributed by atoms with van der Waals surface area (Å²) in [7, 11) is 5.34. The van der Waals surface area contributed by atoms with Crippen LogP contribution in [0.1, 0.15) is 37.7 Å². The number of Topliss-reactive ketones (excluding diaryl/α,β-unsaturated/α-hetero) is 1. The molecule has 0 atom stereocenters. The van der Waals surface area contributed by atoms with E-state index in [2.05, 4.69) is 0 Å². The molecule has 0 aliphatic heterocycles. The molecule has 0 N–H and O–H groups in total. The number of carbonyl (C=O) groups excluding carboxylic acids is 1. The van der Waals surface area contributed by atoms with E-state index in [9.17, 15) is 9.18 Å². The molecular formula is C17H24FNO2. The van der Waals surface area contributed by atoms with Gasteiger partial charge in [0.15, 0.2) is 17.3 Å². The number of hydrogen-bond donors (Lipinski definition) is 0. The van der Waals surface area contributed by atoms with Crippen molar-refractivity contribution in [3.05, 3.63) is 29.6 Å². The van der Waals surface area contributed by atoms with Crippen LogP contribution in [0.4, 0.5) is 4.39 Å². The van der Waals surface area contributed by atoms with E-state index in [1.807, 2.05) is 19.0 Å². The van der Waals surface area contributed by atoms with Gasteiger partial charge in [-0.25, -0.2) is 4.39 Å². The first-order valence-electron chi connectivity index (χ1n) is 7.53. The number of hydrogen-bond acceptors (Lipinski definition) is 3. The summed E-state index contributed by atoms with van der Waals surface area (Å²) >= 11 is 0. The van der Waals surface area contributed by atoms with Gasteiger partial charge in [-0.1, -0.05) is 31.4 Å². The Morgan fingerprint density at radius 1 is 1.29 bits per heavy atom. The minimum absolute atomic E-state index is 0.111. The number of ketones is 1. The van der Waals surface area contributed by atoms with Crippen LogP contribution in [0.15, 0.2) is 18.2 Å². The smallest absolute Gasteiger partial charge is 0.168 e. The van der Waals surface area contributed by atoms with E-state index in [4.69, 9.17) is 4.74 Å². The summed E-state index contributed by atoms with van der Waals surface area (Å²) in [6, 6.07) is 4.97. The largest absolute Gasteiger partial charge is 0.494 e. The fraction of sp³-hybridized carbons (Fsp3) is 0.588. The van der Waals surface area contributed by atoms with Crippen LogP contribution in [0, 0.1) is 5.82 Å². The molecule has 2 rings (SSSR count). The van der Waals surface area contributed by atoms with Gasteiger partial charge in [-0.3, -0.25) is 9.69 Å². The van der Waals surface area contributed by atoms with Gasteiger partial charge < -0.3 is 4.74 Å². The van der Waals surface area contributed by atoms with E-state index in [1.165, 1.54) is 13.5 Å². The highest BCUT2D eigenvalue weighted by atomic mass is 19.1. The first-order valence-corrected chi connectivity index (χ1v) is 7.53. The Kier molecular flexibility index (Phi) is 4.99. The zero-order valence-electron chi connectivity index (χ0n) is 13.1. The third-order valence-corrected chi connectivity index (χ3v) is 4.67. The van der Waals surface area contributed by atoms with Crippen molar-refractivity contribution >= 4 is 5.78 Å². The number of methoxy groups -OCH3 is 1. The summed E-state index contributed by atoms with van der Waals surface area (Å²) in [5, 5.41) is 0. The summed E-state index contributed by atoms with van der Waals surface area (Å²) in [6.45, 7) is 0. The van der Waals surface area contributed by atoms with Gasteiger partial charge in [-0.15, -0.1) is 0 Å². The van der Waals surface area contributed by atoms with Crippen LogP contribution in [0.2, 0.25) is 0 Å². The van der Waals surface area contributed by atoms with Gasteiger partial charge >= 0.3 is 0 Å². The van der Waals surface area contributed by atoms with Gasteiger partial charge in [-0.05, 0) is 38.6 Å². The number of carbonyl (C=O) groups is 1. The number of benzene rings is 1. The second-order valence-corrected chi connectivity index (χ2v) is 6.02. The first-order chi connectivity index (χ1) is 10.0. The van der Waals surface area contributed by atoms with Crippen molar-refractivity contribution in [1.29, 1.82) is 0 Å². The van der Waals surface area contributed by atoms with Crippen molar-refractivity contribution in [2.75, 3.05) is 21.2 Å². The molecule has 0 amide bonds. The third-order valence-electron chi connectivity index (χ3n) is 4.67. The standard InChI is InChI=1S/C17H24FNO2/c1-19(2)17(10-5-4-6-11-17)15(20)12-13-8-7-9-14(21-3)16(13)18/h7-9H,4-6,10-12H2,1-3H3. The van der Waals surface area contributed by atoms with Crippen LogP contribution in [0.3, 0.4) is 0 Å². The van der Waals surface area contributed by atoms with Gasteiger partial charge in [-0.2, -0.15) is 0 Å². The van der Waals surface area contributed by atoms with E-state index < -0.39 is 11.4 Å². The molecule has 0 saturated heterocycles. The van der Waals surface area contributed by atoms with Crippen molar-refractivity contribution in [3.8, 4) is 5.75 Å². The number of halogens is 1. The number of ether oxygens (including phenoxy) is 1. The molecule has 0 radical (unpaired) electrons. The minimum atomic E-state index is -0.437. The molecule has 1 aliphatic rings. The maximum atomic E-state index is 14.2. The molecular weight excluding hydrogens is 269 g/mol. The summed E-state index contributed by atoms with van der Waals surface area (Å²) in [5.41, 5.74) is -0.0144. The van der Waals surface area contributed by atoms with Crippen molar-refractivity contribution < 1.29 is 13.9 Å². The number of rotatable bonds is 5. The van der Waals surface area contributed by atoms with E-state index >= 15 is 0 Å². The van der Waals surface area contributed by atoms with Crippen LogP contribution >= 0.6 is 0 Å². The zero-order chi connectivity index (χ0) is 15.5. The molecule has 0 unspecified atom stereocenters. The fourth-order valence-electron chi connectivity index (χ4n) is 3.30. The van der Waals surface area contributed by atoms with Crippen LogP contribution in [-0.2, 0) is 11.2 Å². The maximum absolute atomic E-state index is 14.2. The third kappa shape index (κ3) is 3.10. The molecule has 1 aliphatic carbocycles. The second kappa shape index (κ2) is 6.56. The number of likely N-dealkylation sites (N-methyl/N-ethyl adjacent to an activating group) is 1. The van der Waals surface area contributed by atoms with E-state index in [0.29, 0.717) is 5.56 Å². The van der Waals surface area contributed by atoms with Gasteiger partial charge in [0.05, 0.1) is 12.6 Å². The van der Waals surface area contributed by atoms with Gasteiger partial charge in [0.25, 0.3) is 0 Å². The van der Waals surface area contributed by atoms with E-state index in [0.717, 1.165) is 25.7 Å². The minimum Gasteiger partial charge on any atom is -0.494 e. The second-order valence-electron chi connectivity index (χ2n) is 6.02. The molecule has 0 bridgehead atoms. The molecule has 116 valence electrons. The highest BCUT2D eigenvalue weighted by molar-refractivity contribution is 5.90. The monoisotopic (exact) mass is 293 g/mol. The van der Waals surface area contributed by atoms with Gasteiger partial charge in [0.2, 0.25) is 0 Å². The normalized spacial score (nSPS) is 17.8. The van der Waals surface area contributed by atoms with Crippen molar-refractivity contribution in [2.45, 2.75) is 44.1 Å². The summed E-state index contributed by atoms with van der Waals surface area (Å²) in [6.07, 6.45) is 5.15. The van der Waals surface area contributed by atoms with Gasteiger partial charge in [0.1, 0.15) is 0 Å². The Labute approximate surface area is 126 Å². The van der Waals surface area contributed by atoms with E-state index in [-0.39, 0.29) is 18.0 Å². The fourth-order valence-corrected chi connectivity index (χ4v) is 3.30. The lowest BCUT2D eigenvalue weighted by atomic mass is 9.76. The number of nitrogens with zero attached hydrogens (tertiary/aromatic N) is 1. The molecule has 0 heterocycles. The highest BCUT2D eigenvalue weighted by Crippen LogP contribution is 2.34. The molecule has 0 spiro atoms. The van der Waals surface area contributed by atoms with Crippen molar-refractivity contribution in [1.82, 2.24) is 4.90 Å². The lowest BCUT2D eigenvalue weighted by Gasteiger charge is -2.41. The van der Waals surface area contributed by atoms with Crippen LogP contribution in [0.25, 0.3) is 0 Å². The molecule has 0 aromatic heterocycles. The molecule has 1 fully saturated rings. The summed E-state index contributed by atoms with van der Waals surface area (Å²) in [4.78, 5) is 14.9. The van der Waals surface area contributed by atoms with Crippen molar-refractivity contribution in [2.24, 2.45) is 0 Å². The first kappa shape index (κ1) is 16.0. The van der Waals surface area contributed by atoms with E-state index in [1.54, 1.807) is 18.2 Å². The Morgan fingerprint density at radius 3 is 2.52 bits per heavy atom. The topological polar surface area (TPSA) is 29.5 Å². The maximum Gasteiger partial charge on any atom is 0.168 e. The lowest BCUT2D eigenvalue weighted by molar-refractivity contribution is -0.131. The highest BCUT2D eigenvalue weighted by Gasteiger charge is 2.41. The molecule has 3 nitrogen and oxygen atoms in total. The van der Waals surface area contributed by atoms with Crippen molar-refractivity contribution in [3.63, 3.8) is 0 Å². The van der Waals surface area contributed by atoms with Crippen LogP contribution in [-0.4, -0.2) is 37.4 Å². The molecule has 21 heavy (non-hydrogen) atoms.